The highest BCUT2D eigenvalue weighted by molar-refractivity contribution is 5.84. The number of aromatic nitrogens is 6. The van der Waals surface area contributed by atoms with E-state index in [1.807, 2.05) is 27.9 Å². The van der Waals surface area contributed by atoms with Crippen LogP contribution in [-0.2, 0) is 4.79 Å². The number of benzene rings is 1. The Morgan fingerprint density at radius 2 is 1.75 bits per heavy atom. The van der Waals surface area contributed by atoms with Crippen molar-refractivity contribution in [3.63, 3.8) is 0 Å². The lowest BCUT2D eigenvalue weighted by atomic mass is 9.74. The Hall–Kier alpha value is -6.09. The Morgan fingerprint density at radius 3 is 2.39 bits per heavy atom. The first-order valence-corrected chi connectivity index (χ1v) is 21.1. The van der Waals surface area contributed by atoms with Crippen molar-refractivity contribution >= 4 is 28.6 Å². The van der Waals surface area contributed by atoms with Crippen LogP contribution in [0.3, 0.4) is 0 Å². The van der Waals surface area contributed by atoms with Gasteiger partial charge in [0.1, 0.15) is 23.0 Å². The lowest BCUT2D eigenvalue weighted by molar-refractivity contribution is -0.385. The van der Waals surface area contributed by atoms with Gasteiger partial charge in [0.25, 0.3) is 11.6 Å². The van der Waals surface area contributed by atoms with Gasteiger partial charge in [-0.05, 0) is 76.0 Å². The van der Waals surface area contributed by atoms with E-state index in [1.54, 1.807) is 23.1 Å². The number of carbonyl (C=O) groups excluding carboxylic acids is 1. The van der Waals surface area contributed by atoms with Gasteiger partial charge in [-0.15, -0.1) is 0 Å². The molecule has 318 valence electrons. The predicted molar refractivity (Wildman–Crippen MR) is 221 cm³/mol. The van der Waals surface area contributed by atoms with Gasteiger partial charge in [0.2, 0.25) is 5.91 Å². The molecule has 1 amide bonds. The molecule has 3 saturated heterocycles. The van der Waals surface area contributed by atoms with E-state index in [1.165, 1.54) is 23.6 Å². The summed E-state index contributed by atoms with van der Waals surface area (Å²) in [7, 11) is 0. The molecule has 0 bridgehead atoms. The van der Waals surface area contributed by atoms with Crippen LogP contribution in [-0.4, -0.2) is 102 Å². The number of nitrogens with zero attached hydrogens (tertiary/aromatic N) is 11. The third-order valence-electron chi connectivity index (χ3n) is 13.5. The molecule has 3 aliphatic heterocycles. The van der Waals surface area contributed by atoms with Crippen LogP contribution in [0.15, 0.2) is 61.3 Å². The molecule has 9 rings (SSSR count). The summed E-state index contributed by atoms with van der Waals surface area (Å²) in [4.78, 5) is 38.7. The van der Waals surface area contributed by atoms with E-state index in [2.05, 4.69) is 33.4 Å². The average Bonchev–Trinajstić information content (AvgIpc) is 3.92. The molecule has 18 heteroatoms. The molecule has 1 saturated carbocycles. The van der Waals surface area contributed by atoms with E-state index in [9.17, 15) is 24.6 Å². The van der Waals surface area contributed by atoms with Crippen LogP contribution in [0.25, 0.3) is 28.0 Å². The maximum absolute atomic E-state index is 15.7. The van der Waals surface area contributed by atoms with Crippen molar-refractivity contribution in [3.05, 3.63) is 82.8 Å². The van der Waals surface area contributed by atoms with Gasteiger partial charge >= 0.3 is 0 Å². The summed E-state index contributed by atoms with van der Waals surface area (Å²) in [5.41, 5.74) is 2.67. The SMILES string of the molecule is CCC1(C(=O)NC2CCC2)CCN(c2ccc(-c3nc(-c4cnn(C5CCN([C@@H]6CCN(c7ccc([N+](=O)[O-])cc7F)CC6(F)F)CC5)c4)cn4ncc(C#N)c34)cn2)CC1. The summed E-state index contributed by atoms with van der Waals surface area (Å²) < 4.78 is 49.5. The zero-order valence-electron chi connectivity index (χ0n) is 33.9. The maximum atomic E-state index is 15.7. The van der Waals surface area contributed by atoms with Crippen LogP contribution in [0, 0.1) is 32.7 Å². The minimum absolute atomic E-state index is 0.0304. The van der Waals surface area contributed by atoms with Crippen molar-refractivity contribution in [2.75, 3.05) is 49.1 Å². The molecule has 5 aromatic rings. The first-order chi connectivity index (χ1) is 29.4. The Kier molecular flexibility index (Phi) is 10.6. The number of anilines is 2. The van der Waals surface area contributed by atoms with Crippen LogP contribution in [0.1, 0.15) is 76.3 Å². The molecule has 4 aliphatic rings. The Morgan fingerprint density at radius 1 is 0.967 bits per heavy atom. The highest BCUT2D eigenvalue weighted by atomic mass is 19.3. The summed E-state index contributed by atoms with van der Waals surface area (Å²) in [6, 6.07) is 8.50. The quantitative estimate of drug-likeness (QED) is 0.116. The summed E-state index contributed by atoms with van der Waals surface area (Å²) in [6.07, 6.45) is 15.6. The Bertz CT molecular complexity index is 2480. The van der Waals surface area contributed by atoms with E-state index >= 15 is 8.78 Å². The number of nitriles is 1. The fourth-order valence-corrected chi connectivity index (χ4v) is 9.53. The highest BCUT2D eigenvalue weighted by Crippen LogP contribution is 2.40. The van der Waals surface area contributed by atoms with Crippen LogP contribution in [0.4, 0.5) is 30.4 Å². The number of likely N-dealkylation sites (tertiary alicyclic amines) is 1. The molecule has 15 nitrogen and oxygen atoms in total. The van der Waals surface area contributed by atoms with Crippen LogP contribution < -0.4 is 15.1 Å². The molecule has 1 N–H and O–H groups in total. The number of fused-ring (bicyclic) bond motifs is 1. The number of pyridine rings is 1. The average molecular weight is 837 g/mol. The largest absolute Gasteiger partial charge is 0.363 e. The predicted octanol–water partition coefficient (Wildman–Crippen LogP) is 6.79. The molecule has 4 aromatic heterocycles. The zero-order chi connectivity index (χ0) is 42.5. The van der Waals surface area contributed by atoms with Crippen LogP contribution >= 0.6 is 0 Å². The van der Waals surface area contributed by atoms with E-state index in [0.717, 1.165) is 68.7 Å². The minimum atomic E-state index is -3.13. The zero-order valence-corrected chi connectivity index (χ0v) is 33.9. The number of alkyl halides is 2. The van der Waals surface area contributed by atoms with Crippen molar-refractivity contribution in [2.24, 2.45) is 5.41 Å². The number of piperidine rings is 3. The van der Waals surface area contributed by atoms with E-state index in [0.29, 0.717) is 60.0 Å². The number of nitro benzene ring substituents is 1. The number of non-ortho nitro benzene ring substituents is 1. The van der Waals surface area contributed by atoms with E-state index in [-0.39, 0.29) is 36.0 Å². The second-order valence-electron chi connectivity index (χ2n) is 16.9. The van der Waals surface area contributed by atoms with Crippen molar-refractivity contribution in [3.8, 4) is 28.6 Å². The molecule has 7 heterocycles. The number of rotatable bonds is 10. The second-order valence-corrected chi connectivity index (χ2v) is 16.9. The number of hydrogen-bond donors (Lipinski definition) is 1. The van der Waals surface area contributed by atoms with E-state index in [4.69, 9.17) is 9.97 Å². The molecular formula is C43H47F3N12O3. The van der Waals surface area contributed by atoms with Gasteiger partial charge in [-0.1, -0.05) is 6.92 Å². The van der Waals surface area contributed by atoms with Crippen LogP contribution in [0.5, 0.6) is 0 Å². The number of halogens is 3. The third-order valence-corrected chi connectivity index (χ3v) is 13.5. The van der Waals surface area contributed by atoms with Gasteiger partial charge in [0.05, 0.1) is 70.7 Å². The van der Waals surface area contributed by atoms with Gasteiger partial charge in [-0.25, -0.2) is 27.7 Å². The van der Waals surface area contributed by atoms with Crippen molar-refractivity contribution in [1.29, 1.82) is 5.26 Å². The van der Waals surface area contributed by atoms with Gasteiger partial charge in [-0.3, -0.25) is 24.5 Å². The molecule has 1 aliphatic carbocycles. The van der Waals surface area contributed by atoms with Crippen molar-refractivity contribution < 1.29 is 22.9 Å². The second kappa shape index (κ2) is 16.1. The van der Waals surface area contributed by atoms with Crippen molar-refractivity contribution in [1.82, 2.24) is 39.6 Å². The van der Waals surface area contributed by atoms with Crippen LogP contribution in [0.2, 0.25) is 0 Å². The molecule has 0 radical (unpaired) electrons. The number of amides is 1. The number of nitrogens with one attached hydrogen (secondary N) is 1. The third kappa shape index (κ3) is 7.64. The maximum Gasteiger partial charge on any atom is 0.280 e. The standard InChI is InChI=1S/C43H47F3N12O3/c1-2-42(41(59)51-31-4-3-5-31)13-18-54(19-14-42)38-9-6-28(22-48-38)39-40-29(21-47)23-50-57(40)26-35(52-39)30-24-49-56(25-30)32-10-15-53(16-11-32)37-12-17-55(27-43(37,45)46)36-8-7-33(58(60)61)20-34(36)44/h6-9,20,22-26,31-32,37H,2-5,10-19,27H2,1H3,(H,51,59)/t37-/m1/s1. The Balaban J connectivity index is 0.865. The fourth-order valence-electron chi connectivity index (χ4n) is 9.53. The summed E-state index contributed by atoms with van der Waals surface area (Å²) in [5, 5.41) is 33.4. The molecule has 61 heavy (non-hydrogen) atoms. The summed E-state index contributed by atoms with van der Waals surface area (Å²) >= 11 is 0. The lowest BCUT2D eigenvalue weighted by Gasteiger charge is -2.46. The summed E-state index contributed by atoms with van der Waals surface area (Å²) in [6.45, 7) is 3.93. The minimum Gasteiger partial charge on any atom is -0.363 e. The van der Waals surface area contributed by atoms with Gasteiger partial charge in [0, 0.05) is 68.4 Å². The monoisotopic (exact) mass is 836 g/mol. The number of hydrogen-bond acceptors (Lipinski definition) is 11. The first-order valence-electron chi connectivity index (χ1n) is 21.1. The summed E-state index contributed by atoms with van der Waals surface area (Å²) in [5.74, 6) is -3.02. The highest BCUT2D eigenvalue weighted by Gasteiger charge is 2.48. The molecule has 0 unspecified atom stereocenters. The number of carbonyl (C=O) groups is 1. The molecule has 4 fully saturated rings. The normalized spacial score (nSPS) is 20.9. The van der Waals surface area contributed by atoms with Crippen molar-refractivity contribution in [2.45, 2.75) is 88.8 Å². The fraction of sp³-hybridized carbons (Fsp3) is 0.488. The van der Waals surface area contributed by atoms with Gasteiger partial charge in [-0.2, -0.15) is 15.5 Å². The Labute approximate surface area is 350 Å². The molecular weight excluding hydrogens is 790 g/mol. The molecule has 1 atom stereocenters. The smallest absolute Gasteiger partial charge is 0.280 e. The first kappa shape index (κ1) is 40.3. The van der Waals surface area contributed by atoms with E-state index < -0.39 is 34.9 Å². The lowest BCUT2D eigenvalue weighted by Crippen LogP contribution is -2.59. The number of nitro groups is 1. The molecule has 1 aromatic carbocycles. The van der Waals surface area contributed by atoms with Gasteiger partial charge < -0.3 is 15.1 Å². The topological polar surface area (TPSA) is 167 Å². The molecule has 0 spiro atoms. The van der Waals surface area contributed by atoms with Gasteiger partial charge in [0.15, 0.2) is 5.82 Å².